The van der Waals surface area contributed by atoms with Gasteiger partial charge in [-0.3, -0.25) is 14.9 Å². The molecule has 1 heterocycles. The Balaban J connectivity index is 1.97. The second-order valence-electron chi connectivity index (χ2n) is 4.62. The first-order chi connectivity index (χ1) is 10.0. The zero-order valence-corrected chi connectivity index (χ0v) is 11.1. The van der Waals surface area contributed by atoms with Gasteiger partial charge in [0.15, 0.2) is 5.58 Å². The molecule has 6 heteroatoms. The molecule has 0 fully saturated rings. The second kappa shape index (κ2) is 4.82. The van der Waals surface area contributed by atoms with Crippen LogP contribution in [0.5, 0.6) is 0 Å². The Morgan fingerprint density at radius 1 is 1.19 bits per heavy atom. The molecule has 0 saturated heterocycles. The molecule has 0 aliphatic rings. The van der Waals surface area contributed by atoms with Crippen LogP contribution in [0.4, 0.5) is 5.69 Å². The summed E-state index contributed by atoms with van der Waals surface area (Å²) in [6, 6.07) is 10.8. The minimum atomic E-state index is -0.517. The van der Waals surface area contributed by atoms with E-state index in [-0.39, 0.29) is 11.6 Å². The number of carbonyl (C=O) groups excluding carboxylic acids is 1. The number of nitro groups is 1. The molecule has 3 rings (SSSR count). The van der Waals surface area contributed by atoms with Crippen LogP contribution in [0.3, 0.4) is 0 Å². The maximum absolute atomic E-state index is 12.3. The van der Waals surface area contributed by atoms with Crippen molar-refractivity contribution in [2.45, 2.75) is 6.92 Å². The number of hydrogen-bond donors (Lipinski definition) is 0. The summed E-state index contributed by atoms with van der Waals surface area (Å²) < 4.78 is 5.42. The maximum Gasteiger partial charge on any atom is 0.269 e. The third-order valence-electron chi connectivity index (χ3n) is 3.08. The van der Waals surface area contributed by atoms with Crippen LogP contribution in [-0.2, 0) is 0 Å². The van der Waals surface area contributed by atoms with Crippen LogP contribution in [0.15, 0.2) is 46.9 Å². The fourth-order valence-electron chi connectivity index (χ4n) is 1.99. The molecular formula is C15H10N2O4. The third kappa shape index (κ3) is 2.38. The first-order valence-electron chi connectivity index (χ1n) is 6.21. The standard InChI is InChI=1S/C15H10N2O4/c1-9-2-7-13-12(8-9)16-15(21-13)14(18)10-3-5-11(6-4-10)17(19)20/h2-8H,1H3. The first kappa shape index (κ1) is 13.0. The summed E-state index contributed by atoms with van der Waals surface area (Å²) in [7, 11) is 0. The average Bonchev–Trinajstić information content (AvgIpc) is 2.89. The second-order valence-corrected chi connectivity index (χ2v) is 4.62. The lowest BCUT2D eigenvalue weighted by molar-refractivity contribution is -0.384. The summed E-state index contributed by atoms with van der Waals surface area (Å²) in [6.45, 7) is 1.92. The lowest BCUT2D eigenvalue weighted by Crippen LogP contribution is -2.01. The molecular weight excluding hydrogens is 272 g/mol. The van der Waals surface area contributed by atoms with E-state index in [1.807, 2.05) is 19.1 Å². The topological polar surface area (TPSA) is 86.2 Å². The summed E-state index contributed by atoms with van der Waals surface area (Å²) in [5, 5.41) is 10.6. The molecule has 0 unspecified atom stereocenters. The Morgan fingerprint density at radius 2 is 1.90 bits per heavy atom. The van der Waals surface area contributed by atoms with E-state index in [4.69, 9.17) is 4.42 Å². The highest BCUT2D eigenvalue weighted by Crippen LogP contribution is 2.20. The van der Waals surface area contributed by atoms with Crippen molar-refractivity contribution in [3.05, 3.63) is 69.6 Å². The largest absolute Gasteiger partial charge is 0.433 e. The highest BCUT2D eigenvalue weighted by Gasteiger charge is 2.17. The molecule has 21 heavy (non-hydrogen) atoms. The molecule has 0 bridgehead atoms. The van der Waals surface area contributed by atoms with E-state index in [0.717, 1.165) is 5.56 Å². The SMILES string of the molecule is Cc1ccc2oc(C(=O)c3ccc([N+](=O)[O-])cc3)nc2c1. The number of non-ortho nitro benzene ring substituents is 1. The molecule has 0 N–H and O–H groups in total. The molecule has 104 valence electrons. The number of aryl methyl sites for hydroxylation is 1. The number of fused-ring (bicyclic) bond motifs is 1. The van der Waals surface area contributed by atoms with Crippen molar-refractivity contribution in [2.24, 2.45) is 0 Å². The van der Waals surface area contributed by atoms with Gasteiger partial charge in [-0.1, -0.05) is 6.07 Å². The van der Waals surface area contributed by atoms with Gasteiger partial charge in [-0.05, 0) is 36.8 Å². The van der Waals surface area contributed by atoms with Gasteiger partial charge in [-0.2, -0.15) is 0 Å². The Morgan fingerprint density at radius 3 is 2.57 bits per heavy atom. The number of nitro benzene ring substituents is 1. The van der Waals surface area contributed by atoms with E-state index in [1.165, 1.54) is 24.3 Å². The van der Waals surface area contributed by atoms with Crippen LogP contribution in [0.1, 0.15) is 21.8 Å². The van der Waals surface area contributed by atoms with Gasteiger partial charge in [-0.25, -0.2) is 4.98 Å². The zero-order valence-electron chi connectivity index (χ0n) is 11.1. The van der Waals surface area contributed by atoms with Gasteiger partial charge in [0.25, 0.3) is 11.6 Å². The molecule has 2 aromatic carbocycles. The van der Waals surface area contributed by atoms with Crippen LogP contribution >= 0.6 is 0 Å². The summed E-state index contributed by atoms with van der Waals surface area (Å²) in [4.78, 5) is 26.5. The van der Waals surface area contributed by atoms with E-state index in [0.29, 0.717) is 16.7 Å². The fourth-order valence-corrected chi connectivity index (χ4v) is 1.99. The highest BCUT2D eigenvalue weighted by atomic mass is 16.6. The van der Waals surface area contributed by atoms with Crippen LogP contribution < -0.4 is 0 Å². The normalized spacial score (nSPS) is 10.7. The van der Waals surface area contributed by atoms with Crippen molar-refractivity contribution in [1.82, 2.24) is 4.98 Å². The third-order valence-corrected chi connectivity index (χ3v) is 3.08. The van der Waals surface area contributed by atoms with E-state index in [9.17, 15) is 14.9 Å². The lowest BCUT2D eigenvalue weighted by atomic mass is 10.1. The minimum absolute atomic E-state index is 0.0237. The van der Waals surface area contributed by atoms with E-state index >= 15 is 0 Å². The van der Waals surface area contributed by atoms with Crippen LogP contribution in [0.2, 0.25) is 0 Å². The zero-order chi connectivity index (χ0) is 15.0. The summed E-state index contributed by atoms with van der Waals surface area (Å²) in [5.41, 5.74) is 2.39. The Labute approximate surface area is 119 Å². The van der Waals surface area contributed by atoms with E-state index in [1.54, 1.807) is 6.07 Å². The summed E-state index contributed by atoms with van der Waals surface area (Å²) in [5.74, 6) is -0.428. The smallest absolute Gasteiger partial charge is 0.269 e. The first-order valence-corrected chi connectivity index (χ1v) is 6.21. The Hall–Kier alpha value is -3.02. The van der Waals surface area contributed by atoms with E-state index < -0.39 is 10.7 Å². The number of rotatable bonds is 3. The number of benzene rings is 2. The van der Waals surface area contributed by atoms with Crippen molar-refractivity contribution in [1.29, 1.82) is 0 Å². The van der Waals surface area contributed by atoms with Crippen LogP contribution in [-0.4, -0.2) is 15.7 Å². The minimum Gasteiger partial charge on any atom is -0.433 e. The van der Waals surface area contributed by atoms with Crippen molar-refractivity contribution in [2.75, 3.05) is 0 Å². The van der Waals surface area contributed by atoms with Gasteiger partial charge in [0, 0.05) is 17.7 Å². The van der Waals surface area contributed by atoms with Crippen molar-refractivity contribution < 1.29 is 14.1 Å². The van der Waals surface area contributed by atoms with Gasteiger partial charge in [-0.15, -0.1) is 0 Å². The van der Waals surface area contributed by atoms with Crippen molar-refractivity contribution >= 4 is 22.6 Å². The molecule has 0 atom stereocenters. The number of hydrogen-bond acceptors (Lipinski definition) is 5. The molecule has 0 aliphatic heterocycles. The van der Waals surface area contributed by atoms with Gasteiger partial charge in [0.2, 0.25) is 5.78 Å². The maximum atomic E-state index is 12.3. The summed E-state index contributed by atoms with van der Waals surface area (Å²) >= 11 is 0. The predicted octanol–water partition coefficient (Wildman–Crippen LogP) is 3.28. The molecule has 0 radical (unpaired) electrons. The van der Waals surface area contributed by atoms with Crippen LogP contribution in [0, 0.1) is 17.0 Å². The van der Waals surface area contributed by atoms with Gasteiger partial charge >= 0.3 is 0 Å². The van der Waals surface area contributed by atoms with Gasteiger partial charge in [0.05, 0.1) is 4.92 Å². The van der Waals surface area contributed by atoms with Crippen LogP contribution in [0.25, 0.3) is 11.1 Å². The average molecular weight is 282 g/mol. The molecule has 0 aliphatic carbocycles. The quantitative estimate of drug-likeness (QED) is 0.418. The number of carbonyl (C=O) groups is 1. The number of aromatic nitrogens is 1. The monoisotopic (exact) mass is 282 g/mol. The molecule has 3 aromatic rings. The predicted molar refractivity (Wildman–Crippen MR) is 75.3 cm³/mol. The molecule has 1 aromatic heterocycles. The highest BCUT2D eigenvalue weighted by molar-refractivity contribution is 6.07. The lowest BCUT2D eigenvalue weighted by Gasteiger charge is -1.96. The van der Waals surface area contributed by atoms with Gasteiger partial charge < -0.3 is 4.42 Å². The summed E-state index contributed by atoms with van der Waals surface area (Å²) in [6.07, 6.45) is 0. The van der Waals surface area contributed by atoms with Crippen molar-refractivity contribution in [3.8, 4) is 0 Å². The van der Waals surface area contributed by atoms with Crippen molar-refractivity contribution in [3.63, 3.8) is 0 Å². The Bertz CT molecular complexity index is 850. The van der Waals surface area contributed by atoms with Gasteiger partial charge in [0.1, 0.15) is 5.52 Å². The fraction of sp³-hybridized carbons (Fsp3) is 0.0667. The number of nitrogens with zero attached hydrogens (tertiary/aromatic N) is 2. The molecule has 0 spiro atoms. The Kier molecular flexibility index (Phi) is 2.98. The molecule has 0 saturated carbocycles. The number of ketones is 1. The molecule has 0 amide bonds. The number of oxazole rings is 1. The molecule has 6 nitrogen and oxygen atoms in total. The van der Waals surface area contributed by atoms with E-state index in [2.05, 4.69) is 4.98 Å².